The Morgan fingerprint density at radius 1 is 1.53 bits per heavy atom. The molecular weight excluding hydrogens is 218 g/mol. The molecule has 0 unspecified atom stereocenters. The summed E-state index contributed by atoms with van der Waals surface area (Å²) in [7, 11) is 0. The number of rotatable bonds is 3. The summed E-state index contributed by atoms with van der Waals surface area (Å²) in [4.78, 5) is 21.6. The molecule has 0 saturated carbocycles. The summed E-state index contributed by atoms with van der Waals surface area (Å²) in [5.74, 6) is 4.97. The monoisotopic (exact) mass is 231 g/mol. The van der Waals surface area contributed by atoms with Gasteiger partial charge in [0.05, 0.1) is 18.6 Å². The molecule has 0 atom stereocenters. The molecule has 1 aromatic rings. The van der Waals surface area contributed by atoms with Gasteiger partial charge < -0.3 is 15.3 Å². The number of hydrogen-bond donors (Lipinski definition) is 1. The van der Waals surface area contributed by atoms with Gasteiger partial charge >= 0.3 is 5.97 Å². The van der Waals surface area contributed by atoms with Crippen LogP contribution in [0.1, 0.15) is 29.3 Å². The second-order valence-corrected chi connectivity index (χ2v) is 3.20. The minimum Gasteiger partial charge on any atom is -0.462 e. The van der Waals surface area contributed by atoms with E-state index in [2.05, 4.69) is 11.8 Å². The molecule has 0 aliphatic rings. The molecule has 2 N–H and O–H groups in total. The molecule has 0 saturated heterocycles. The van der Waals surface area contributed by atoms with Crippen LogP contribution in [0.2, 0.25) is 0 Å². The summed E-state index contributed by atoms with van der Waals surface area (Å²) in [5.41, 5.74) is 7.10. The van der Waals surface area contributed by atoms with E-state index >= 15 is 0 Å². The average molecular weight is 231 g/mol. The van der Waals surface area contributed by atoms with E-state index in [1.54, 1.807) is 25.1 Å². The zero-order chi connectivity index (χ0) is 12.7. The maximum absolute atomic E-state index is 11.5. The van der Waals surface area contributed by atoms with Crippen molar-refractivity contribution in [3.05, 3.63) is 29.3 Å². The fourth-order valence-electron chi connectivity index (χ4n) is 1.19. The Kier molecular flexibility index (Phi) is 4.77. The Bertz CT molecular complexity index is 483. The molecule has 0 aliphatic heterocycles. The number of carbonyl (C=O) groups is 2. The number of esters is 1. The highest BCUT2D eigenvalue weighted by molar-refractivity contribution is 5.90. The van der Waals surface area contributed by atoms with E-state index in [4.69, 9.17) is 10.5 Å². The van der Waals surface area contributed by atoms with E-state index in [-0.39, 0.29) is 6.42 Å². The Labute approximate surface area is 99.8 Å². The van der Waals surface area contributed by atoms with Crippen LogP contribution in [0.5, 0.6) is 0 Å². The second-order valence-electron chi connectivity index (χ2n) is 3.20. The Morgan fingerprint density at radius 3 is 2.94 bits per heavy atom. The minimum absolute atomic E-state index is 0.142. The van der Waals surface area contributed by atoms with E-state index in [1.807, 2.05) is 0 Å². The van der Waals surface area contributed by atoms with Crippen molar-refractivity contribution in [1.82, 2.24) is 0 Å². The van der Waals surface area contributed by atoms with E-state index < -0.39 is 5.97 Å². The lowest BCUT2D eigenvalue weighted by Gasteiger charge is -2.03. The smallest absolute Gasteiger partial charge is 0.338 e. The Hall–Kier alpha value is -2.28. The van der Waals surface area contributed by atoms with Crippen molar-refractivity contribution in [2.75, 3.05) is 12.3 Å². The van der Waals surface area contributed by atoms with Gasteiger partial charge in [-0.1, -0.05) is 11.8 Å². The zero-order valence-electron chi connectivity index (χ0n) is 9.53. The summed E-state index contributed by atoms with van der Waals surface area (Å²) in [6, 6.07) is 4.74. The van der Waals surface area contributed by atoms with Gasteiger partial charge in [-0.25, -0.2) is 4.79 Å². The van der Waals surface area contributed by atoms with Crippen LogP contribution in [0.15, 0.2) is 18.2 Å². The van der Waals surface area contributed by atoms with Crippen LogP contribution in [-0.2, 0) is 9.53 Å². The van der Waals surface area contributed by atoms with Gasteiger partial charge in [0.1, 0.15) is 6.29 Å². The van der Waals surface area contributed by atoms with Gasteiger partial charge in [-0.15, -0.1) is 0 Å². The number of hydrogen-bond acceptors (Lipinski definition) is 4. The van der Waals surface area contributed by atoms with Gasteiger partial charge in [-0.05, 0) is 25.1 Å². The third kappa shape index (κ3) is 3.65. The first-order chi connectivity index (χ1) is 8.19. The number of ether oxygens (including phenoxy) is 1. The summed E-state index contributed by atoms with van der Waals surface area (Å²) < 4.78 is 4.86. The molecule has 17 heavy (non-hydrogen) atoms. The van der Waals surface area contributed by atoms with Crippen LogP contribution < -0.4 is 5.73 Å². The van der Waals surface area contributed by atoms with Crippen molar-refractivity contribution in [1.29, 1.82) is 0 Å². The molecule has 0 fully saturated rings. The number of nitrogen functional groups attached to an aromatic ring is 1. The quantitative estimate of drug-likeness (QED) is 0.369. The average Bonchev–Trinajstić information content (AvgIpc) is 2.32. The lowest BCUT2D eigenvalue weighted by atomic mass is 10.1. The van der Waals surface area contributed by atoms with Crippen molar-refractivity contribution in [2.24, 2.45) is 0 Å². The molecule has 0 spiro atoms. The zero-order valence-corrected chi connectivity index (χ0v) is 9.53. The van der Waals surface area contributed by atoms with Crippen molar-refractivity contribution in [2.45, 2.75) is 13.3 Å². The van der Waals surface area contributed by atoms with Crippen LogP contribution in [-0.4, -0.2) is 18.9 Å². The lowest BCUT2D eigenvalue weighted by Crippen LogP contribution is -2.05. The molecule has 0 aliphatic carbocycles. The van der Waals surface area contributed by atoms with Gasteiger partial charge in [0.25, 0.3) is 0 Å². The van der Waals surface area contributed by atoms with Crippen molar-refractivity contribution >= 4 is 17.9 Å². The summed E-state index contributed by atoms with van der Waals surface area (Å²) in [5, 5.41) is 0. The van der Waals surface area contributed by atoms with Crippen LogP contribution in [0.25, 0.3) is 0 Å². The van der Waals surface area contributed by atoms with Crippen LogP contribution in [0.3, 0.4) is 0 Å². The highest BCUT2D eigenvalue weighted by Crippen LogP contribution is 2.13. The van der Waals surface area contributed by atoms with Crippen molar-refractivity contribution in [3.63, 3.8) is 0 Å². The first-order valence-electron chi connectivity index (χ1n) is 5.18. The van der Waals surface area contributed by atoms with Gasteiger partial charge in [-0.3, -0.25) is 0 Å². The van der Waals surface area contributed by atoms with Gasteiger partial charge in [0.15, 0.2) is 0 Å². The predicted octanol–water partition coefficient (Wildman–Crippen LogP) is 1.39. The molecule has 88 valence electrons. The standard InChI is InChI=1S/C13H13NO3/c1-2-17-13(16)11-6-7-12(14)10(9-11)5-3-4-8-15/h6-9H,2,4,14H2,1H3. The fraction of sp³-hybridized carbons (Fsp3) is 0.231. The molecule has 4 nitrogen and oxygen atoms in total. The number of benzene rings is 1. The molecular formula is C13H13NO3. The molecule has 0 radical (unpaired) electrons. The number of nitrogens with two attached hydrogens (primary N) is 1. The lowest BCUT2D eigenvalue weighted by molar-refractivity contribution is -0.107. The molecule has 0 amide bonds. The highest BCUT2D eigenvalue weighted by atomic mass is 16.5. The van der Waals surface area contributed by atoms with Gasteiger partial charge in [0, 0.05) is 11.3 Å². The highest BCUT2D eigenvalue weighted by Gasteiger charge is 2.07. The fourth-order valence-corrected chi connectivity index (χ4v) is 1.19. The third-order valence-electron chi connectivity index (χ3n) is 1.97. The summed E-state index contributed by atoms with van der Waals surface area (Å²) >= 11 is 0. The molecule has 4 heteroatoms. The van der Waals surface area contributed by atoms with Crippen molar-refractivity contribution in [3.8, 4) is 11.8 Å². The Morgan fingerprint density at radius 2 is 2.29 bits per heavy atom. The van der Waals surface area contributed by atoms with Crippen LogP contribution in [0, 0.1) is 11.8 Å². The molecule has 0 aromatic heterocycles. The Balaban J connectivity index is 2.99. The first kappa shape index (κ1) is 12.8. The van der Waals surface area contributed by atoms with Crippen LogP contribution in [0.4, 0.5) is 5.69 Å². The largest absolute Gasteiger partial charge is 0.462 e. The van der Waals surface area contributed by atoms with Gasteiger partial charge in [-0.2, -0.15) is 0 Å². The first-order valence-corrected chi connectivity index (χ1v) is 5.18. The third-order valence-corrected chi connectivity index (χ3v) is 1.97. The number of aldehydes is 1. The number of carbonyl (C=O) groups excluding carboxylic acids is 2. The molecule has 1 rings (SSSR count). The predicted molar refractivity (Wildman–Crippen MR) is 64.4 cm³/mol. The topological polar surface area (TPSA) is 69.4 Å². The molecule has 0 heterocycles. The van der Waals surface area contributed by atoms with E-state index in [0.717, 1.165) is 0 Å². The van der Waals surface area contributed by atoms with Gasteiger partial charge in [0.2, 0.25) is 0 Å². The number of anilines is 1. The second kappa shape index (κ2) is 6.33. The SMILES string of the molecule is CCOC(=O)c1ccc(N)c(C#CCC=O)c1. The summed E-state index contributed by atoms with van der Waals surface area (Å²) in [6.45, 7) is 2.05. The van der Waals surface area contributed by atoms with Crippen LogP contribution >= 0.6 is 0 Å². The summed E-state index contributed by atoms with van der Waals surface area (Å²) in [6.07, 6.45) is 0.849. The van der Waals surface area contributed by atoms with E-state index in [1.165, 1.54) is 0 Å². The molecule has 0 bridgehead atoms. The maximum Gasteiger partial charge on any atom is 0.338 e. The van der Waals surface area contributed by atoms with E-state index in [0.29, 0.717) is 29.7 Å². The normalized spacial score (nSPS) is 9.00. The minimum atomic E-state index is -0.411. The van der Waals surface area contributed by atoms with E-state index in [9.17, 15) is 9.59 Å². The molecule has 1 aromatic carbocycles. The maximum atomic E-state index is 11.5. The van der Waals surface area contributed by atoms with Crippen molar-refractivity contribution < 1.29 is 14.3 Å².